The number of halogens is 3. The lowest BCUT2D eigenvalue weighted by Gasteiger charge is -2.40. The molecule has 0 saturated carbocycles. The Balaban J connectivity index is 1.80. The van der Waals surface area contributed by atoms with Gasteiger partial charge in [-0.05, 0) is 44.9 Å². The Hall–Kier alpha value is -1.30. The topological polar surface area (TPSA) is 28.2 Å². The number of fused-ring (bicyclic) bond motifs is 2. The van der Waals surface area contributed by atoms with Crippen LogP contribution < -0.4 is 10.2 Å². The minimum absolute atomic E-state index is 0.421. The number of anilines is 1. The molecule has 3 heterocycles. The molecule has 2 bridgehead atoms. The van der Waals surface area contributed by atoms with E-state index in [1.807, 2.05) is 7.05 Å². The third-order valence-electron chi connectivity index (χ3n) is 4.48. The highest BCUT2D eigenvalue weighted by Crippen LogP contribution is 2.39. The molecular formula is C14H18F3N3. The average molecular weight is 285 g/mol. The zero-order valence-electron chi connectivity index (χ0n) is 11.3. The van der Waals surface area contributed by atoms with Gasteiger partial charge < -0.3 is 10.2 Å². The summed E-state index contributed by atoms with van der Waals surface area (Å²) in [6.45, 7) is 0. The first-order chi connectivity index (χ1) is 9.49. The maximum absolute atomic E-state index is 12.5. The summed E-state index contributed by atoms with van der Waals surface area (Å²) in [5, 5.41) is 3.31. The second-order valence-corrected chi connectivity index (χ2v) is 5.65. The van der Waals surface area contributed by atoms with Crippen LogP contribution in [0.4, 0.5) is 18.9 Å². The Morgan fingerprint density at radius 1 is 1.20 bits per heavy atom. The van der Waals surface area contributed by atoms with Crippen LogP contribution in [0.5, 0.6) is 0 Å². The molecule has 1 N–H and O–H groups in total. The molecular weight excluding hydrogens is 267 g/mol. The van der Waals surface area contributed by atoms with Gasteiger partial charge in [-0.25, -0.2) is 4.98 Å². The van der Waals surface area contributed by atoms with Crippen molar-refractivity contribution in [2.75, 3.05) is 11.9 Å². The summed E-state index contributed by atoms with van der Waals surface area (Å²) >= 11 is 0. The van der Waals surface area contributed by atoms with E-state index in [1.54, 1.807) is 6.07 Å². The largest absolute Gasteiger partial charge is 0.433 e. The molecule has 20 heavy (non-hydrogen) atoms. The zero-order chi connectivity index (χ0) is 14.3. The predicted molar refractivity (Wildman–Crippen MR) is 70.6 cm³/mol. The quantitative estimate of drug-likeness (QED) is 0.905. The molecule has 2 unspecified atom stereocenters. The number of hydrogen-bond donors (Lipinski definition) is 1. The van der Waals surface area contributed by atoms with E-state index in [1.165, 1.54) is 6.20 Å². The first-order valence-electron chi connectivity index (χ1n) is 6.98. The fraction of sp³-hybridized carbons (Fsp3) is 0.643. The molecule has 0 aromatic carbocycles. The zero-order valence-corrected chi connectivity index (χ0v) is 11.3. The standard InChI is InChI=1S/C14H18F3N3/c1-18-9-6-10-2-3-11(7-9)20(10)12-4-5-13(19-8-12)14(15,16)17/h4-5,8-11,18H,2-3,6-7H2,1H3. The van der Waals surface area contributed by atoms with Gasteiger partial charge in [0.15, 0.2) is 0 Å². The summed E-state index contributed by atoms with van der Waals surface area (Å²) in [4.78, 5) is 5.84. The third-order valence-corrected chi connectivity index (χ3v) is 4.48. The second-order valence-electron chi connectivity index (χ2n) is 5.65. The Morgan fingerprint density at radius 2 is 1.85 bits per heavy atom. The summed E-state index contributed by atoms with van der Waals surface area (Å²) in [6.07, 6.45) is 1.33. The summed E-state index contributed by atoms with van der Waals surface area (Å²) in [5.41, 5.74) is -0.00115. The molecule has 2 atom stereocenters. The molecule has 0 aliphatic carbocycles. The van der Waals surface area contributed by atoms with Gasteiger partial charge in [0.1, 0.15) is 5.69 Å². The number of hydrogen-bond acceptors (Lipinski definition) is 3. The van der Waals surface area contributed by atoms with Gasteiger partial charge in [0.25, 0.3) is 0 Å². The number of nitrogens with one attached hydrogen (secondary N) is 1. The van der Waals surface area contributed by atoms with E-state index in [-0.39, 0.29) is 0 Å². The Morgan fingerprint density at radius 3 is 2.30 bits per heavy atom. The van der Waals surface area contributed by atoms with Gasteiger partial charge in [-0.3, -0.25) is 0 Å². The van der Waals surface area contributed by atoms with Crippen LogP contribution in [-0.4, -0.2) is 30.2 Å². The fourth-order valence-corrected chi connectivity index (χ4v) is 3.54. The van der Waals surface area contributed by atoms with Crippen molar-refractivity contribution in [3.8, 4) is 0 Å². The Kier molecular flexibility index (Phi) is 3.36. The lowest BCUT2D eigenvalue weighted by atomic mass is 9.97. The number of rotatable bonds is 2. The smallest absolute Gasteiger partial charge is 0.364 e. The second kappa shape index (κ2) is 4.91. The molecule has 1 aromatic heterocycles. The highest BCUT2D eigenvalue weighted by atomic mass is 19.4. The molecule has 3 nitrogen and oxygen atoms in total. The normalized spacial score (nSPS) is 29.8. The number of aromatic nitrogens is 1. The number of pyridine rings is 1. The first kappa shape index (κ1) is 13.7. The van der Waals surface area contributed by atoms with Crippen LogP contribution in [0.3, 0.4) is 0 Å². The fourth-order valence-electron chi connectivity index (χ4n) is 3.54. The van der Waals surface area contributed by atoms with Crippen molar-refractivity contribution in [1.82, 2.24) is 10.3 Å². The molecule has 110 valence electrons. The lowest BCUT2D eigenvalue weighted by Crippen LogP contribution is -2.48. The monoisotopic (exact) mass is 285 g/mol. The van der Waals surface area contributed by atoms with Gasteiger partial charge in [0, 0.05) is 18.1 Å². The molecule has 0 amide bonds. The summed E-state index contributed by atoms with van der Waals surface area (Å²) < 4.78 is 37.6. The maximum Gasteiger partial charge on any atom is 0.433 e. The van der Waals surface area contributed by atoms with Crippen LogP contribution in [0.2, 0.25) is 0 Å². The molecule has 1 aromatic rings. The first-order valence-corrected chi connectivity index (χ1v) is 6.98. The number of alkyl halides is 3. The van der Waals surface area contributed by atoms with Gasteiger partial charge in [-0.15, -0.1) is 0 Å². The van der Waals surface area contributed by atoms with Crippen LogP contribution in [-0.2, 0) is 6.18 Å². The number of piperidine rings is 1. The van der Waals surface area contributed by atoms with E-state index in [4.69, 9.17) is 0 Å². The van der Waals surface area contributed by atoms with Crippen LogP contribution in [0.1, 0.15) is 31.4 Å². The maximum atomic E-state index is 12.5. The van der Waals surface area contributed by atoms with Crippen molar-refractivity contribution in [3.05, 3.63) is 24.0 Å². The van der Waals surface area contributed by atoms with Crippen molar-refractivity contribution in [3.63, 3.8) is 0 Å². The SMILES string of the molecule is CNC1CC2CCC(C1)N2c1ccc(C(F)(F)F)nc1. The van der Waals surface area contributed by atoms with E-state index >= 15 is 0 Å². The van der Waals surface area contributed by atoms with Crippen LogP contribution in [0.25, 0.3) is 0 Å². The van der Waals surface area contributed by atoms with E-state index in [2.05, 4.69) is 15.2 Å². The minimum atomic E-state index is -4.36. The van der Waals surface area contributed by atoms with Crippen LogP contribution in [0, 0.1) is 0 Å². The van der Waals surface area contributed by atoms with Gasteiger partial charge in [0.05, 0.1) is 11.9 Å². The van der Waals surface area contributed by atoms with Gasteiger partial charge >= 0.3 is 6.18 Å². The molecule has 2 fully saturated rings. The molecule has 0 spiro atoms. The molecule has 0 radical (unpaired) electrons. The summed E-state index contributed by atoms with van der Waals surface area (Å²) in [6, 6.07) is 4.00. The van der Waals surface area contributed by atoms with Gasteiger partial charge in [-0.1, -0.05) is 0 Å². The predicted octanol–water partition coefficient (Wildman–Crippen LogP) is 2.82. The van der Waals surface area contributed by atoms with Gasteiger partial charge in [0.2, 0.25) is 0 Å². The van der Waals surface area contributed by atoms with Crippen LogP contribution in [0.15, 0.2) is 18.3 Å². The Bertz CT molecular complexity index is 458. The van der Waals surface area contributed by atoms with E-state index in [9.17, 15) is 13.2 Å². The lowest BCUT2D eigenvalue weighted by molar-refractivity contribution is -0.141. The van der Waals surface area contributed by atoms with Crippen molar-refractivity contribution in [2.24, 2.45) is 0 Å². The van der Waals surface area contributed by atoms with Crippen molar-refractivity contribution in [1.29, 1.82) is 0 Å². The third kappa shape index (κ3) is 2.37. The van der Waals surface area contributed by atoms with Crippen molar-refractivity contribution in [2.45, 2.75) is 50.0 Å². The molecule has 6 heteroatoms. The van der Waals surface area contributed by atoms with Crippen LogP contribution >= 0.6 is 0 Å². The minimum Gasteiger partial charge on any atom is -0.364 e. The molecule has 2 aliphatic rings. The van der Waals surface area contributed by atoms with Gasteiger partial charge in [-0.2, -0.15) is 13.2 Å². The summed E-state index contributed by atoms with van der Waals surface area (Å²) in [7, 11) is 1.97. The average Bonchev–Trinajstić information content (AvgIpc) is 2.68. The molecule has 3 rings (SSSR count). The molecule has 2 saturated heterocycles. The van der Waals surface area contributed by atoms with Crippen molar-refractivity contribution < 1.29 is 13.2 Å². The van der Waals surface area contributed by atoms with E-state index in [0.29, 0.717) is 18.1 Å². The summed E-state index contributed by atoms with van der Waals surface area (Å²) in [5.74, 6) is 0. The van der Waals surface area contributed by atoms with Crippen molar-refractivity contribution >= 4 is 5.69 Å². The van der Waals surface area contributed by atoms with E-state index in [0.717, 1.165) is 37.4 Å². The highest BCUT2D eigenvalue weighted by Gasteiger charge is 2.40. The number of nitrogens with zero attached hydrogens (tertiary/aromatic N) is 2. The molecule has 2 aliphatic heterocycles. The Labute approximate surface area is 116 Å². The highest BCUT2D eigenvalue weighted by molar-refractivity contribution is 5.49. The van der Waals surface area contributed by atoms with E-state index < -0.39 is 11.9 Å².